The third-order valence-corrected chi connectivity index (χ3v) is 6.80. The van der Waals surface area contributed by atoms with Crippen LogP contribution in [0.4, 0.5) is 0 Å². The Kier molecular flexibility index (Phi) is 7.14. The molecule has 9 nitrogen and oxygen atoms in total. The smallest absolute Gasteiger partial charge is 0.104 e. The van der Waals surface area contributed by atoms with Crippen LogP contribution in [0.5, 0.6) is 0 Å². The van der Waals surface area contributed by atoms with Gasteiger partial charge in [0.25, 0.3) is 0 Å². The van der Waals surface area contributed by atoms with Gasteiger partial charge in [0.15, 0.2) is 0 Å². The highest BCUT2D eigenvalue weighted by atomic mass is 16.6. The van der Waals surface area contributed by atoms with Gasteiger partial charge in [0.2, 0.25) is 0 Å². The normalized spacial score (nSPS) is 43.1. The number of hydrogen-bond donors (Lipinski definition) is 1. The van der Waals surface area contributed by atoms with Crippen molar-refractivity contribution in [2.24, 2.45) is 10.8 Å². The van der Waals surface area contributed by atoms with Crippen molar-refractivity contribution in [3.05, 3.63) is 0 Å². The van der Waals surface area contributed by atoms with Gasteiger partial charge in [0.05, 0.1) is 85.4 Å². The van der Waals surface area contributed by atoms with Gasteiger partial charge in [0.1, 0.15) is 24.4 Å². The number of aliphatic hydroxyl groups excluding tert-OH is 1. The van der Waals surface area contributed by atoms with Crippen molar-refractivity contribution in [3.63, 3.8) is 0 Å². The van der Waals surface area contributed by atoms with Gasteiger partial charge in [-0.25, -0.2) is 0 Å². The van der Waals surface area contributed by atoms with Crippen molar-refractivity contribution in [2.45, 2.75) is 49.8 Å². The molecule has 0 amide bonds. The van der Waals surface area contributed by atoms with E-state index in [4.69, 9.17) is 37.9 Å². The molecule has 0 aromatic rings. The summed E-state index contributed by atoms with van der Waals surface area (Å²) >= 11 is 0. The summed E-state index contributed by atoms with van der Waals surface area (Å²) < 4.78 is 45.3. The quantitative estimate of drug-likeness (QED) is 0.333. The Balaban J connectivity index is 1.24. The van der Waals surface area contributed by atoms with Gasteiger partial charge in [-0.3, -0.25) is 0 Å². The Bertz CT molecular complexity index is 535. The first-order chi connectivity index (χ1) is 15.1. The standard InChI is InChI=1S/C22H36O9/c23-20-1-2-21(12-24-3-16-7-28-16,13-25-4-17-8-29-17)11-22(20,14-26-5-18-9-30-18)15-27-6-19-10-31-19/h16-20,23H,1-15H2. The third-order valence-electron chi connectivity index (χ3n) is 6.80. The summed E-state index contributed by atoms with van der Waals surface area (Å²) in [5.74, 6) is 0. The summed E-state index contributed by atoms with van der Waals surface area (Å²) in [5, 5.41) is 11.1. The Labute approximate surface area is 183 Å². The average molecular weight is 445 g/mol. The summed E-state index contributed by atoms with van der Waals surface area (Å²) in [7, 11) is 0. The van der Waals surface area contributed by atoms with E-state index in [2.05, 4.69) is 0 Å². The highest BCUT2D eigenvalue weighted by molar-refractivity contribution is 5.00. The lowest BCUT2D eigenvalue weighted by Gasteiger charge is -2.50. The fourth-order valence-electron chi connectivity index (χ4n) is 4.58. The second-order valence-corrected chi connectivity index (χ2v) is 9.98. The SMILES string of the molecule is OC1CCC(COCC2CO2)(COCC2CO2)CC1(COCC1CO1)COCC1CO1. The molecule has 0 spiro atoms. The van der Waals surface area contributed by atoms with Crippen LogP contribution in [0.15, 0.2) is 0 Å². The van der Waals surface area contributed by atoms with Crippen molar-refractivity contribution in [1.82, 2.24) is 0 Å². The predicted octanol–water partition coefficient (Wildman–Crippen LogP) is 0.166. The number of rotatable bonds is 16. The van der Waals surface area contributed by atoms with Crippen LogP contribution < -0.4 is 0 Å². The van der Waals surface area contributed by atoms with Crippen LogP contribution in [-0.2, 0) is 37.9 Å². The summed E-state index contributed by atoms with van der Waals surface area (Å²) in [6.07, 6.45) is 2.54. The number of epoxide rings is 4. The van der Waals surface area contributed by atoms with Crippen LogP contribution in [0.3, 0.4) is 0 Å². The Morgan fingerprint density at radius 1 is 0.645 bits per heavy atom. The largest absolute Gasteiger partial charge is 0.392 e. The molecule has 5 fully saturated rings. The summed E-state index contributed by atoms with van der Waals surface area (Å²) in [5.41, 5.74) is -0.719. The second-order valence-electron chi connectivity index (χ2n) is 9.98. The molecule has 0 aromatic heterocycles. The first-order valence-electron chi connectivity index (χ1n) is 11.6. The first-order valence-corrected chi connectivity index (χ1v) is 11.6. The van der Waals surface area contributed by atoms with E-state index < -0.39 is 11.5 Å². The maximum absolute atomic E-state index is 11.1. The molecule has 9 heteroatoms. The minimum atomic E-state index is -0.513. The fourth-order valence-corrected chi connectivity index (χ4v) is 4.58. The molecular weight excluding hydrogens is 408 g/mol. The number of hydrogen-bond acceptors (Lipinski definition) is 9. The zero-order chi connectivity index (χ0) is 21.2. The molecule has 5 aliphatic rings. The van der Waals surface area contributed by atoms with Crippen LogP contribution >= 0.6 is 0 Å². The van der Waals surface area contributed by atoms with Crippen molar-refractivity contribution in [1.29, 1.82) is 0 Å². The van der Waals surface area contributed by atoms with Crippen molar-refractivity contribution in [2.75, 3.05) is 79.3 Å². The Hall–Kier alpha value is -0.360. The van der Waals surface area contributed by atoms with Gasteiger partial charge in [-0.1, -0.05) is 0 Å². The van der Waals surface area contributed by atoms with Gasteiger partial charge < -0.3 is 43.0 Å². The second kappa shape index (κ2) is 9.87. The van der Waals surface area contributed by atoms with E-state index in [0.717, 1.165) is 39.3 Å². The summed E-state index contributed by atoms with van der Waals surface area (Å²) in [6, 6.07) is 0. The highest BCUT2D eigenvalue weighted by Crippen LogP contribution is 2.48. The molecule has 1 aliphatic carbocycles. The van der Waals surface area contributed by atoms with Crippen LogP contribution in [0.1, 0.15) is 19.3 Å². The van der Waals surface area contributed by atoms with Crippen LogP contribution in [0.2, 0.25) is 0 Å². The molecule has 0 radical (unpaired) electrons. The minimum absolute atomic E-state index is 0.187. The lowest BCUT2D eigenvalue weighted by Crippen LogP contribution is -2.54. The lowest BCUT2D eigenvalue weighted by atomic mass is 9.61. The molecule has 31 heavy (non-hydrogen) atoms. The van der Waals surface area contributed by atoms with E-state index in [1.54, 1.807) is 0 Å². The van der Waals surface area contributed by atoms with Crippen LogP contribution in [0.25, 0.3) is 0 Å². The minimum Gasteiger partial charge on any atom is -0.392 e. The third kappa shape index (κ3) is 6.82. The predicted molar refractivity (Wildman–Crippen MR) is 107 cm³/mol. The molecule has 1 saturated carbocycles. The van der Waals surface area contributed by atoms with Crippen LogP contribution in [0, 0.1) is 10.8 Å². The Morgan fingerprint density at radius 2 is 1.03 bits per heavy atom. The van der Waals surface area contributed by atoms with E-state index in [1.165, 1.54) is 0 Å². The molecule has 5 atom stereocenters. The number of ether oxygens (including phenoxy) is 8. The van der Waals surface area contributed by atoms with E-state index in [0.29, 0.717) is 59.3 Å². The van der Waals surface area contributed by atoms with Gasteiger partial charge in [-0.2, -0.15) is 0 Å². The van der Waals surface area contributed by atoms with Crippen molar-refractivity contribution in [3.8, 4) is 0 Å². The topological polar surface area (TPSA) is 107 Å². The summed E-state index contributed by atoms with van der Waals surface area (Å²) in [6.45, 7) is 7.38. The summed E-state index contributed by atoms with van der Waals surface area (Å²) in [4.78, 5) is 0. The van der Waals surface area contributed by atoms with Crippen molar-refractivity contribution >= 4 is 0 Å². The monoisotopic (exact) mass is 444 g/mol. The van der Waals surface area contributed by atoms with Gasteiger partial charge >= 0.3 is 0 Å². The highest BCUT2D eigenvalue weighted by Gasteiger charge is 2.51. The molecule has 178 valence electrons. The first kappa shape index (κ1) is 22.4. The zero-order valence-corrected chi connectivity index (χ0v) is 18.2. The van der Waals surface area contributed by atoms with Gasteiger partial charge in [-0.15, -0.1) is 0 Å². The fraction of sp³-hybridized carbons (Fsp3) is 1.00. The van der Waals surface area contributed by atoms with Gasteiger partial charge in [-0.05, 0) is 19.3 Å². The maximum atomic E-state index is 11.1. The zero-order valence-electron chi connectivity index (χ0n) is 18.2. The molecule has 5 rings (SSSR count). The lowest BCUT2D eigenvalue weighted by molar-refractivity contribution is -0.166. The van der Waals surface area contributed by atoms with E-state index in [9.17, 15) is 5.11 Å². The molecule has 0 bridgehead atoms. The molecule has 4 heterocycles. The molecule has 1 N–H and O–H groups in total. The Morgan fingerprint density at radius 3 is 1.42 bits per heavy atom. The van der Waals surface area contributed by atoms with Crippen LogP contribution in [-0.4, -0.2) is 115 Å². The number of aliphatic hydroxyl groups is 1. The molecule has 0 aromatic carbocycles. The van der Waals surface area contributed by atoms with E-state index in [-0.39, 0.29) is 29.8 Å². The van der Waals surface area contributed by atoms with E-state index >= 15 is 0 Å². The molecular formula is C22H36O9. The van der Waals surface area contributed by atoms with E-state index in [1.807, 2.05) is 0 Å². The molecule has 4 aliphatic heterocycles. The van der Waals surface area contributed by atoms with Crippen molar-refractivity contribution < 1.29 is 43.0 Å². The molecule has 4 saturated heterocycles. The maximum Gasteiger partial charge on any atom is 0.104 e. The average Bonchev–Trinajstić information content (AvgIpc) is 3.58. The molecule has 5 unspecified atom stereocenters. The van der Waals surface area contributed by atoms with Gasteiger partial charge in [0, 0.05) is 10.8 Å².